The van der Waals surface area contributed by atoms with Crippen molar-refractivity contribution >= 4 is 23.9 Å². The van der Waals surface area contributed by atoms with Gasteiger partial charge in [0.25, 0.3) is 5.91 Å². The highest BCUT2D eigenvalue weighted by atomic mass is 16.5. The molecule has 0 spiro atoms. The molecule has 0 fully saturated rings. The Hall–Kier alpha value is -2.78. The Morgan fingerprint density at radius 3 is 2.05 bits per heavy atom. The van der Waals surface area contributed by atoms with E-state index in [2.05, 4.69) is 12.2 Å². The Bertz CT molecular complexity index is 846. The van der Waals surface area contributed by atoms with E-state index in [0.29, 0.717) is 44.4 Å². The van der Waals surface area contributed by atoms with Crippen molar-refractivity contribution in [3.05, 3.63) is 29.8 Å². The molecule has 0 aliphatic heterocycles. The molecule has 39 heavy (non-hydrogen) atoms. The number of ether oxygens (including phenoxy) is 1. The number of aldehydes is 1. The first kappa shape index (κ1) is 34.2. The average Bonchev–Trinajstić information content (AvgIpc) is 2.93. The predicted molar refractivity (Wildman–Crippen MR) is 153 cm³/mol. The van der Waals surface area contributed by atoms with E-state index >= 15 is 0 Å². The third kappa shape index (κ3) is 14.8. The molecule has 1 rings (SSSR count). The second-order valence-electron chi connectivity index (χ2n) is 10.2. The molecule has 1 aromatic carbocycles. The number of carbonyl (C=O) groups excluding carboxylic acids is 3. The van der Waals surface area contributed by atoms with Gasteiger partial charge in [-0.05, 0) is 56.5 Å². The van der Waals surface area contributed by atoms with Gasteiger partial charge in [0.05, 0.1) is 18.6 Å². The van der Waals surface area contributed by atoms with E-state index in [1.807, 2.05) is 0 Å². The van der Waals surface area contributed by atoms with E-state index in [4.69, 9.17) is 16.2 Å². The number of rotatable bonds is 24. The topological polar surface area (TPSA) is 162 Å². The molecule has 6 N–H and O–H groups in total. The van der Waals surface area contributed by atoms with Gasteiger partial charge < -0.3 is 31.4 Å². The minimum Gasteiger partial charge on any atom is -0.494 e. The first-order valence-corrected chi connectivity index (χ1v) is 14.5. The number of hydrogen-bond donors (Lipinski definition) is 4. The fourth-order valence-electron chi connectivity index (χ4n) is 4.36. The van der Waals surface area contributed by atoms with Crippen molar-refractivity contribution in [2.45, 2.75) is 109 Å². The zero-order chi connectivity index (χ0) is 28.9. The molecule has 9 nitrogen and oxygen atoms in total. The largest absolute Gasteiger partial charge is 0.494 e. The van der Waals surface area contributed by atoms with Crippen LogP contribution in [-0.4, -0.2) is 54.3 Å². The number of unbranched alkanes of at least 4 members (excludes halogenated alkanes) is 10. The van der Waals surface area contributed by atoms with Gasteiger partial charge in [0.15, 0.2) is 5.78 Å². The van der Waals surface area contributed by atoms with Gasteiger partial charge in [0.2, 0.25) is 0 Å². The van der Waals surface area contributed by atoms with Gasteiger partial charge in [-0.25, -0.2) is 4.79 Å². The van der Waals surface area contributed by atoms with Crippen LogP contribution in [0.4, 0.5) is 0 Å². The number of ketones is 1. The van der Waals surface area contributed by atoms with Crippen LogP contribution >= 0.6 is 0 Å². The lowest BCUT2D eigenvalue weighted by molar-refractivity contribution is -0.140. The van der Waals surface area contributed by atoms with E-state index in [-0.39, 0.29) is 12.0 Å². The number of nitrogens with two attached hydrogens (primary N) is 2. The lowest BCUT2D eigenvalue weighted by atomic mass is 9.90. The minimum atomic E-state index is -1.42. The van der Waals surface area contributed by atoms with Crippen LogP contribution in [0.2, 0.25) is 0 Å². The van der Waals surface area contributed by atoms with Crippen LogP contribution in [0.15, 0.2) is 24.3 Å². The third-order valence-corrected chi connectivity index (χ3v) is 6.84. The SMILES string of the molecule is CCCCCCCCCCCCOc1ccc(C(=O)N[C@@H](CC(C=O)C(=O)[C@@H](N)CCCCN)C(=O)O)cc1. The van der Waals surface area contributed by atoms with Crippen molar-refractivity contribution in [2.24, 2.45) is 17.4 Å². The highest BCUT2D eigenvalue weighted by Gasteiger charge is 2.31. The summed E-state index contributed by atoms with van der Waals surface area (Å²) in [5, 5.41) is 12.0. The number of aliphatic carboxylic acids is 1. The monoisotopic (exact) mass is 547 g/mol. The van der Waals surface area contributed by atoms with Gasteiger partial charge in [-0.2, -0.15) is 0 Å². The van der Waals surface area contributed by atoms with Crippen LogP contribution in [0.25, 0.3) is 0 Å². The number of carboxylic acids is 1. The molecule has 0 aliphatic rings. The van der Waals surface area contributed by atoms with Gasteiger partial charge in [0, 0.05) is 5.56 Å². The molecule has 0 saturated carbocycles. The number of hydrogen-bond acceptors (Lipinski definition) is 7. The van der Waals surface area contributed by atoms with Crippen LogP contribution in [0.1, 0.15) is 107 Å². The maximum absolute atomic E-state index is 12.7. The second kappa shape index (κ2) is 21.1. The fraction of sp³-hybridized carbons (Fsp3) is 0.667. The van der Waals surface area contributed by atoms with Crippen LogP contribution < -0.4 is 21.5 Å². The Kier molecular flexibility index (Phi) is 18.5. The van der Waals surface area contributed by atoms with Crippen LogP contribution in [0.3, 0.4) is 0 Å². The van der Waals surface area contributed by atoms with E-state index in [9.17, 15) is 24.3 Å². The minimum absolute atomic E-state index is 0.250. The molecule has 0 aliphatic carbocycles. The van der Waals surface area contributed by atoms with Crippen molar-refractivity contribution in [2.75, 3.05) is 13.2 Å². The van der Waals surface area contributed by atoms with Crippen molar-refractivity contribution in [1.29, 1.82) is 0 Å². The molecule has 1 aromatic rings. The number of amides is 1. The molecular formula is C30H49N3O6. The molecule has 0 heterocycles. The first-order valence-electron chi connectivity index (χ1n) is 14.5. The summed E-state index contributed by atoms with van der Waals surface area (Å²) in [4.78, 5) is 48.5. The number of carbonyl (C=O) groups is 4. The van der Waals surface area contributed by atoms with Crippen LogP contribution in [0, 0.1) is 5.92 Å². The number of benzene rings is 1. The summed E-state index contributed by atoms with van der Waals surface area (Å²) in [6, 6.07) is 4.14. The molecule has 1 unspecified atom stereocenters. The van der Waals surface area contributed by atoms with Gasteiger partial charge >= 0.3 is 5.97 Å². The average molecular weight is 548 g/mol. The van der Waals surface area contributed by atoms with Crippen molar-refractivity contribution in [3.63, 3.8) is 0 Å². The van der Waals surface area contributed by atoms with Gasteiger partial charge in [-0.15, -0.1) is 0 Å². The zero-order valence-electron chi connectivity index (χ0n) is 23.6. The smallest absolute Gasteiger partial charge is 0.326 e. The van der Waals surface area contributed by atoms with Gasteiger partial charge in [-0.3, -0.25) is 9.59 Å². The molecule has 0 radical (unpaired) electrons. The van der Waals surface area contributed by atoms with Crippen molar-refractivity contribution in [1.82, 2.24) is 5.32 Å². The Balaban J connectivity index is 2.45. The number of nitrogens with one attached hydrogen (secondary N) is 1. The quantitative estimate of drug-likeness (QED) is 0.0841. The molecule has 0 saturated heterocycles. The summed E-state index contributed by atoms with van der Waals surface area (Å²) in [7, 11) is 0. The molecule has 3 atom stereocenters. The maximum Gasteiger partial charge on any atom is 0.326 e. The lowest BCUT2D eigenvalue weighted by Crippen LogP contribution is -2.45. The predicted octanol–water partition coefficient (Wildman–Crippen LogP) is 4.40. The maximum atomic E-state index is 12.7. The molecular weight excluding hydrogens is 498 g/mol. The second-order valence-corrected chi connectivity index (χ2v) is 10.2. The molecule has 9 heteroatoms. The Morgan fingerprint density at radius 1 is 0.923 bits per heavy atom. The Labute approximate surface area is 233 Å². The normalized spacial score (nSPS) is 13.3. The van der Waals surface area contributed by atoms with Crippen LogP contribution in [0.5, 0.6) is 5.75 Å². The van der Waals surface area contributed by atoms with Gasteiger partial charge in [-0.1, -0.05) is 71.1 Å². The molecule has 0 aromatic heterocycles. The standard InChI is InChI=1S/C30H49N3O6/c1-2-3-4-5-6-7-8-9-10-13-20-39-25-17-15-23(16-18-25)29(36)33-27(30(37)38)21-24(22-34)28(35)26(32)14-11-12-19-31/h15-18,22,24,26-27H,2-14,19-21,31-32H2,1H3,(H,33,36)(H,37,38)/t24?,26-,27-/m0/s1. The molecule has 1 amide bonds. The lowest BCUT2D eigenvalue weighted by Gasteiger charge is -2.20. The van der Waals surface area contributed by atoms with E-state index in [1.165, 1.54) is 51.4 Å². The molecule has 0 bridgehead atoms. The highest BCUT2D eigenvalue weighted by molar-refractivity contribution is 5.99. The summed E-state index contributed by atoms with van der Waals surface area (Å²) in [5.74, 6) is -3.08. The summed E-state index contributed by atoms with van der Waals surface area (Å²) >= 11 is 0. The van der Waals surface area contributed by atoms with E-state index < -0.39 is 35.7 Å². The van der Waals surface area contributed by atoms with Crippen molar-refractivity contribution < 1.29 is 29.0 Å². The summed E-state index contributed by atoms with van der Waals surface area (Å²) < 4.78 is 5.76. The first-order chi connectivity index (χ1) is 18.8. The number of Topliss-reactive ketones (excluding diaryl/α,β-unsaturated/α-hetero) is 1. The van der Waals surface area contributed by atoms with Crippen molar-refractivity contribution in [3.8, 4) is 5.75 Å². The molecule has 220 valence electrons. The Morgan fingerprint density at radius 2 is 1.51 bits per heavy atom. The van der Waals surface area contributed by atoms with Gasteiger partial charge in [0.1, 0.15) is 18.1 Å². The van der Waals surface area contributed by atoms with Crippen LogP contribution in [-0.2, 0) is 14.4 Å². The summed E-state index contributed by atoms with van der Waals surface area (Å²) in [5.41, 5.74) is 11.6. The van der Waals surface area contributed by atoms with E-state index in [0.717, 1.165) is 12.8 Å². The highest BCUT2D eigenvalue weighted by Crippen LogP contribution is 2.16. The summed E-state index contributed by atoms with van der Waals surface area (Å²) in [6.45, 7) is 3.30. The summed E-state index contributed by atoms with van der Waals surface area (Å²) in [6.07, 6.45) is 14.2. The zero-order valence-corrected chi connectivity index (χ0v) is 23.6. The van der Waals surface area contributed by atoms with E-state index in [1.54, 1.807) is 24.3 Å². The number of carboxylic acid groups (broad SMARTS) is 1. The fourth-order valence-corrected chi connectivity index (χ4v) is 4.36. The third-order valence-electron chi connectivity index (χ3n) is 6.84.